The Hall–Kier alpha value is -2.27. The van der Waals surface area contributed by atoms with Crippen LogP contribution in [0.1, 0.15) is 40.3 Å². The van der Waals surface area contributed by atoms with Gasteiger partial charge in [-0.1, -0.05) is 6.07 Å². The molecule has 0 amide bonds. The van der Waals surface area contributed by atoms with Gasteiger partial charge in [0.2, 0.25) is 0 Å². The largest absolute Gasteiger partial charge is 0.488 e. The standard InChI is InChI=1S/C19H22N2O3/c1-13-5-6-15(20-11-13)9-19(22)18-10-17(8-14(2)21-18)24-16-4-3-7-23-12-16/h5-6,8,10-11,16H,3-4,7,9,12H2,1-2H3. The zero-order valence-electron chi connectivity index (χ0n) is 14.1. The van der Waals surface area contributed by atoms with Gasteiger partial charge in [0.05, 0.1) is 13.0 Å². The van der Waals surface area contributed by atoms with E-state index in [9.17, 15) is 4.79 Å². The van der Waals surface area contributed by atoms with Crippen LogP contribution in [0.25, 0.3) is 0 Å². The van der Waals surface area contributed by atoms with Crippen LogP contribution in [0.15, 0.2) is 30.5 Å². The normalized spacial score (nSPS) is 17.5. The molecule has 0 bridgehead atoms. The lowest BCUT2D eigenvalue weighted by molar-refractivity contribution is 0.00734. The minimum atomic E-state index is -0.0557. The first-order chi connectivity index (χ1) is 11.6. The first-order valence-corrected chi connectivity index (χ1v) is 8.28. The van der Waals surface area contributed by atoms with Crippen LogP contribution < -0.4 is 4.74 Å². The van der Waals surface area contributed by atoms with Crippen molar-refractivity contribution in [2.75, 3.05) is 13.2 Å². The Morgan fingerprint density at radius 1 is 1.33 bits per heavy atom. The van der Waals surface area contributed by atoms with Crippen LogP contribution in [0.2, 0.25) is 0 Å². The fraction of sp³-hybridized carbons (Fsp3) is 0.421. The topological polar surface area (TPSA) is 61.3 Å². The van der Waals surface area contributed by atoms with Crippen molar-refractivity contribution in [3.8, 4) is 5.75 Å². The van der Waals surface area contributed by atoms with Crippen molar-refractivity contribution in [2.24, 2.45) is 0 Å². The number of aromatic nitrogens is 2. The molecule has 126 valence electrons. The molecule has 5 nitrogen and oxygen atoms in total. The van der Waals surface area contributed by atoms with Crippen LogP contribution >= 0.6 is 0 Å². The highest BCUT2D eigenvalue weighted by Crippen LogP contribution is 2.20. The average molecular weight is 326 g/mol. The van der Waals surface area contributed by atoms with Crippen molar-refractivity contribution >= 4 is 5.78 Å². The van der Waals surface area contributed by atoms with E-state index in [0.717, 1.165) is 36.4 Å². The molecule has 0 spiro atoms. The van der Waals surface area contributed by atoms with Gasteiger partial charge >= 0.3 is 0 Å². The van der Waals surface area contributed by atoms with E-state index in [1.165, 1.54) is 0 Å². The predicted octanol–water partition coefficient (Wildman–Crippen LogP) is 3.08. The third-order valence-electron chi connectivity index (χ3n) is 3.95. The summed E-state index contributed by atoms with van der Waals surface area (Å²) in [5, 5.41) is 0. The van der Waals surface area contributed by atoms with E-state index >= 15 is 0 Å². The molecule has 2 aromatic rings. The zero-order valence-corrected chi connectivity index (χ0v) is 14.1. The molecule has 0 aromatic carbocycles. The number of ether oxygens (including phenoxy) is 2. The van der Waals surface area contributed by atoms with Crippen LogP contribution in [-0.2, 0) is 11.2 Å². The summed E-state index contributed by atoms with van der Waals surface area (Å²) in [5.41, 5.74) is 3.01. The smallest absolute Gasteiger partial charge is 0.187 e. The number of ketones is 1. The summed E-state index contributed by atoms with van der Waals surface area (Å²) in [6.07, 6.45) is 4.02. The Balaban J connectivity index is 1.72. The van der Waals surface area contributed by atoms with E-state index in [1.54, 1.807) is 12.3 Å². The van der Waals surface area contributed by atoms with Crippen molar-refractivity contribution < 1.29 is 14.3 Å². The average Bonchev–Trinajstić information content (AvgIpc) is 2.57. The summed E-state index contributed by atoms with van der Waals surface area (Å²) in [5.74, 6) is 0.623. The molecule has 2 aromatic heterocycles. The first kappa shape index (κ1) is 16.6. The van der Waals surface area contributed by atoms with Gasteiger partial charge in [0.1, 0.15) is 17.5 Å². The number of rotatable bonds is 5. The molecule has 0 radical (unpaired) electrons. The molecule has 1 atom stereocenters. The minimum absolute atomic E-state index is 0.0438. The van der Waals surface area contributed by atoms with E-state index < -0.39 is 0 Å². The Kier molecular flexibility index (Phi) is 5.20. The Bertz CT molecular complexity index is 707. The van der Waals surface area contributed by atoms with Crippen LogP contribution in [0.3, 0.4) is 0 Å². The Morgan fingerprint density at radius 2 is 2.21 bits per heavy atom. The van der Waals surface area contributed by atoms with Crippen molar-refractivity contribution in [2.45, 2.75) is 39.2 Å². The lowest BCUT2D eigenvalue weighted by Gasteiger charge is -2.23. The van der Waals surface area contributed by atoms with Crippen LogP contribution in [0, 0.1) is 13.8 Å². The second-order valence-corrected chi connectivity index (χ2v) is 6.21. The highest BCUT2D eigenvalue weighted by molar-refractivity contribution is 5.95. The molecule has 1 aliphatic rings. The van der Waals surface area contributed by atoms with Crippen molar-refractivity contribution in [1.29, 1.82) is 0 Å². The van der Waals surface area contributed by atoms with E-state index in [1.807, 2.05) is 32.0 Å². The molecule has 3 heterocycles. The Morgan fingerprint density at radius 3 is 2.92 bits per heavy atom. The van der Waals surface area contributed by atoms with E-state index in [2.05, 4.69) is 9.97 Å². The zero-order chi connectivity index (χ0) is 16.9. The monoisotopic (exact) mass is 326 g/mol. The lowest BCUT2D eigenvalue weighted by atomic mass is 10.1. The van der Waals surface area contributed by atoms with Gasteiger partial charge in [-0.05, 0) is 38.3 Å². The summed E-state index contributed by atoms with van der Waals surface area (Å²) in [4.78, 5) is 21.2. The van der Waals surface area contributed by atoms with Gasteiger partial charge < -0.3 is 9.47 Å². The number of carbonyl (C=O) groups excluding carboxylic acids is 1. The highest BCUT2D eigenvalue weighted by atomic mass is 16.5. The number of hydrogen-bond acceptors (Lipinski definition) is 5. The second-order valence-electron chi connectivity index (χ2n) is 6.21. The van der Waals surface area contributed by atoms with Gasteiger partial charge in [-0.25, -0.2) is 4.98 Å². The minimum Gasteiger partial charge on any atom is -0.488 e. The maximum Gasteiger partial charge on any atom is 0.187 e. The van der Waals surface area contributed by atoms with Gasteiger partial charge in [-0.2, -0.15) is 0 Å². The van der Waals surface area contributed by atoms with Gasteiger partial charge in [0, 0.05) is 36.3 Å². The third-order valence-corrected chi connectivity index (χ3v) is 3.95. The first-order valence-electron chi connectivity index (χ1n) is 8.28. The highest BCUT2D eigenvalue weighted by Gasteiger charge is 2.17. The van der Waals surface area contributed by atoms with E-state index in [4.69, 9.17) is 9.47 Å². The quantitative estimate of drug-likeness (QED) is 0.790. The third kappa shape index (κ3) is 4.38. The molecule has 24 heavy (non-hydrogen) atoms. The van der Waals surface area contributed by atoms with Gasteiger partial charge in [0.25, 0.3) is 0 Å². The maximum atomic E-state index is 12.5. The number of aryl methyl sites for hydroxylation is 2. The van der Waals surface area contributed by atoms with Crippen LogP contribution in [-0.4, -0.2) is 35.1 Å². The predicted molar refractivity (Wildman–Crippen MR) is 90.5 cm³/mol. The molecule has 0 N–H and O–H groups in total. The fourth-order valence-electron chi connectivity index (χ4n) is 2.70. The lowest BCUT2D eigenvalue weighted by Crippen LogP contribution is -2.28. The number of carbonyl (C=O) groups is 1. The molecular formula is C19H22N2O3. The number of Topliss-reactive ketones (excluding diaryl/α,β-unsaturated/α-hetero) is 1. The van der Waals surface area contributed by atoms with Crippen LogP contribution in [0.5, 0.6) is 5.75 Å². The Labute approximate surface area is 142 Å². The molecule has 3 rings (SSSR count). The fourth-order valence-corrected chi connectivity index (χ4v) is 2.70. The number of pyridine rings is 2. The van der Waals surface area contributed by atoms with E-state index in [0.29, 0.717) is 18.1 Å². The molecule has 0 saturated carbocycles. The van der Waals surface area contributed by atoms with Crippen molar-refractivity contribution in [1.82, 2.24) is 9.97 Å². The van der Waals surface area contributed by atoms with Crippen LogP contribution in [0.4, 0.5) is 0 Å². The maximum absolute atomic E-state index is 12.5. The summed E-state index contributed by atoms with van der Waals surface area (Å²) in [6, 6.07) is 7.41. The molecule has 1 aliphatic heterocycles. The summed E-state index contributed by atoms with van der Waals surface area (Å²) < 4.78 is 11.4. The molecule has 1 unspecified atom stereocenters. The second kappa shape index (κ2) is 7.53. The van der Waals surface area contributed by atoms with Crippen molar-refractivity contribution in [3.05, 3.63) is 53.1 Å². The molecular weight excluding hydrogens is 304 g/mol. The number of hydrogen-bond donors (Lipinski definition) is 0. The summed E-state index contributed by atoms with van der Waals surface area (Å²) in [6.45, 7) is 5.23. The molecule has 1 saturated heterocycles. The van der Waals surface area contributed by atoms with Crippen molar-refractivity contribution in [3.63, 3.8) is 0 Å². The van der Waals surface area contributed by atoms with Gasteiger partial charge in [-0.15, -0.1) is 0 Å². The SMILES string of the molecule is Cc1ccc(CC(=O)c2cc(OC3CCCOC3)cc(C)n2)nc1. The van der Waals surface area contributed by atoms with Gasteiger partial charge in [0.15, 0.2) is 5.78 Å². The van der Waals surface area contributed by atoms with E-state index in [-0.39, 0.29) is 18.3 Å². The number of nitrogens with zero attached hydrogens (tertiary/aromatic N) is 2. The molecule has 0 aliphatic carbocycles. The summed E-state index contributed by atoms with van der Waals surface area (Å²) in [7, 11) is 0. The summed E-state index contributed by atoms with van der Waals surface area (Å²) >= 11 is 0. The van der Waals surface area contributed by atoms with Gasteiger partial charge in [-0.3, -0.25) is 9.78 Å². The molecule has 1 fully saturated rings. The molecule has 5 heteroatoms.